The van der Waals surface area contributed by atoms with Gasteiger partial charge >= 0.3 is 0 Å². The van der Waals surface area contributed by atoms with E-state index in [0.29, 0.717) is 0 Å². The summed E-state index contributed by atoms with van der Waals surface area (Å²) in [5, 5.41) is 2.39. The van der Waals surface area contributed by atoms with Gasteiger partial charge in [-0.05, 0) is 43.4 Å². The summed E-state index contributed by atoms with van der Waals surface area (Å²) >= 11 is 3.61. The first-order valence-electron chi connectivity index (χ1n) is 8.60. The van der Waals surface area contributed by atoms with E-state index in [1.807, 2.05) is 17.4 Å². The van der Waals surface area contributed by atoms with Gasteiger partial charge in [-0.1, -0.05) is 12.1 Å². The molecule has 0 saturated carbocycles. The second-order valence-electron chi connectivity index (χ2n) is 6.52. The van der Waals surface area contributed by atoms with Crippen LogP contribution in [-0.2, 0) is 19.4 Å². The Morgan fingerprint density at radius 2 is 1.96 bits per heavy atom. The molecule has 126 valence electrons. The van der Waals surface area contributed by atoms with Crippen molar-refractivity contribution in [2.24, 2.45) is 0 Å². The molecule has 0 amide bonds. The van der Waals surface area contributed by atoms with Gasteiger partial charge < -0.3 is 4.90 Å². The standard InChI is InChI=1S/C19H18N4S2/c1-23(10-16-22-13-7-3-5-9-15(13)24-16)18-17-12-6-2-4-8-14(12)25-19(17)21-11-20-18/h3,5,7,9,11H,2,4,6,8,10H2,1H3. The van der Waals surface area contributed by atoms with Gasteiger partial charge in [0.2, 0.25) is 0 Å². The Hall–Kier alpha value is -2.05. The highest BCUT2D eigenvalue weighted by atomic mass is 32.1. The lowest BCUT2D eigenvalue weighted by Gasteiger charge is -2.19. The molecule has 6 heteroatoms. The van der Waals surface area contributed by atoms with Crippen molar-refractivity contribution in [1.82, 2.24) is 15.0 Å². The third kappa shape index (κ3) is 2.60. The van der Waals surface area contributed by atoms with Gasteiger partial charge in [0, 0.05) is 11.9 Å². The normalized spacial score (nSPS) is 14.1. The van der Waals surface area contributed by atoms with Crippen LogP contribution in [0.4, 0.5) is 5.82 Å². The van der Waals surface area contributed by atoms with Crippen molar-refractivity contribution in [2.45, 2.75) is 32.2 Å². The Bertz CT molecular complexity index is 1030. The van der Waals surface area contributed by atoms with Crippen molar-refractivity contribution in [1.29, 1.82) is 0 Å². The van der Waals surface area contributed by atoms with Gasteiger partial charge in [0.1, 0.15) is 22.0 Å². The van der Waals surface area contributed by atoms with E-state index < -0.39 is 0 Å². The summed E-state index contributed by atoms with van der Waals surface area (Å²) in [7, 11) is 2.11. The molecule has 1 aromatic carbocycles. The molecule has 0 bridgehead atoms. The zero-order chi connectivity index (χ0) is 16.8. The lowest BCUT2D eigenvalue weighted by atomic mass is 9.97. The second-order valence-corrected chi connectivity index (χ2v) is 8.72. The monoisotopic (exact) mass is 366 g/mol. The fourth-order valence-corrected chi connectivity index (χ4v) is 5.87. The molecule has 0 radical (unpaired) electrons. The van der Waals surface area contributed by atoms with E-state index in [1.165, 1.54) is 39.8 Å². The van der Waals surface area contributed by atoms with E-state index in [2.05, 4.69) is 40.1 Å². The van der Waals surface area contributed by atoms with E-state index in [-0.39, 0.29) is 0 Å². The number of thiophene rings is 1. The molecule has 4 nitrogen and oxygen atoms in total. The highest BCUT2D eigenvalue weighted by molar-refractivity contribution is 7.19. The lowest BCUT2D eigenvalue weighted by Crippen LogP contribution is -2.18. The maximum absolute atomic E-state index is 4.77. The van der Waals surface area contributed by atoms with Gasteiger partial charge in [0.25, 0.3) is 0 Å². The van der Waals surface area contributed by atoms with Crippen LogP contribution in [0.25, 0.3) is 20.4 Å². The third-order valence-corrected chi connectivity index (χ3v) is 7.02. The molecule has 0 N–H and O–H groups in total. The molecule has 0 saturated heterocycles. The quantitative estimate of drug-likeness (QED) is 0.521. The number of aromatic nitrogens is 3. The number of rotatable bonds is 3. The molecule has 1 aliphatic carbocycles. The summed E-state index contributed by atoms with van der Waals surface area (Å²) in [5.41, 5.74) is 2.56. The molecule has 3 aromatic heterocycles. The van der Waals surface area contributed by atoms with Crippen molar-refractivity contribution < 1.29 is 0 Å². The molecule has 0 unspecified atom stereocenters. The average Bonchev–Trinajstić information content (AvgIpc) is 3.21. The minimum atomic E-state index is 0.774. The predicted octanol–water partition coefficient (Wildman–Crippen LogP) is 4.82. The van der Waals surface area contributed by atoms with Crippen LogP contribution >= 0.6 is 22.7 Å². The van der Waals surface area contributed by atoms with E-state index in [1.54, 1.807) is 17.7 Å². The SMILES string of the molecule is CN(Cc1nc2ccccc2s1)c1ncnc2sc3c(c12)CCCC3. The van der Waals surface area contributed by atoms with Gasteiger partial charge in [-0.2, -0.15) is 0 Å². The number of benzene rings is 1. The molecule has 0 atom stereocenters. The molecule has 4 aromatic rings. The summed E-state index contributed by atoms with van der Waals surface area (Å²) in [6.45, 7) is 0.774. The second kappa shape index (κ2) is 6.04. The number of fused-ring (bicyclic) bond motifs is 4. The van der Waals surface area contributed by atoms with Crippen LogP contribution in [0, 0.1) is 0 Å². The zero-order valence-corrected chi connectivity index (χ0v) is 15.7. The molecular formula is C19H18N4S2. The van der Waals surface area contributed by atoms with Crippen molar-refractivity contribution in [3.63, 3.8) is 0 Å². The Morgan fingerprint density at radius 3 is 2.88 bits per heavy atom. The highest BCUT2D eigenvalue weighted by Gasteiger charge is 2.21. The first-order chi connectivity index (χ1) is 12.3. The number of hydrogen-bond acceptors (Lipinski definition) is 6. The number of para-hydroxylation sites is 1. The first kappa shape index (κ1) is 15.2. The Labute approximate surface area is 154 Å². The van der Waals surface area contributed by atoms with E-state index in [0.717, 1.165) is 34.1 Å². The summed E-state index contributed by atoms with van der Waals surface area (Å²) < 4.78 is 1.24. The van der Waals surface area contributed by atoms with Gasteiger partial charge in [-0.15, -0.1) is 22.7 Å². The Balaban J connectivity index is 1.54. The molecule has 0 spiro atoms. The Morgan fingerprint density at radius 1 is 1.08 bits per heavy atom. The zero-order valence-electron chi connectivity index (χ0n) is 14.0. The number of aryl methyl sites for hydroxylation is 2. The van der Waals surface area contributed by atoms with Crippen LogP contribution in [0.3, 0.4) is 0 Å². The highest BCUT2D eigenvalue weighted by Crippen LogP contribution is 2.39. The van der Waals surface area contributed by atoms with Crippen LogP contribution in [0.2, 0.25) is 0 Å². The van der Waals surface area contributed by atoms with Crippen LogP contribution in [-0.4, -0.2) is 22.0 Å². The number of nitrogens with zero attached hydrogens (tertiary/aromatic N) is 4. The predicted molar refractivity (Wildman–Crippen MR) is 106 cm³/mol. The summed E-state index contributed by atoms with van der Waals surface area (Å²) in [5.74, 6) is 1.05. The maximum atomic E-state index is 4.77. The smallest absolute Gasteiger partial charge is 0.141 e. The molecule has 25 heavy (non-hydrogen) atoms. The van der Waals surface area contributed by atoms with E-state index in [4.69, 9.17) is 4.98 Å². The topological polar surface area (TPSA) is 41.9 Å². The molecule has 0 fully saturated rings. The largest absolute Gasteiger partial charge is 0.352 e. The average molecular weight is 367 g/mol. The van der Waals surface area contributed by atoms with Gasteiger partial charge in [0.05, 0.1) is 22.1 Å². The van der Waals surface area contributed by atoms with Crippen LogP contribution < -0.4 is 4.90 Å². The summed E-state index contributed by atoms with van der Waals surface area (Å²) in [6.07, 6.45) is 6.62. The molecule has 5 rings (SSSR count). The van der Waals surface area contributed by atoms with Crippen molar-refractivity contribution >= 4 is 48.9 Å². The summed E-state index contributed by atoms with van der Waals surface area (Å²) in [4.78, 5) is 18.8. The van der Waals surface area contributed by atoms with Crippen molar-refractivity contribution in [2.75, 3.05) is 11.9 Å². The minimum Gasteiger partial charge on any atom is -0.352 e. The maximum Gasteiger partial charge on any atom is 0.141 e. The fourth-order valence-electron chi connectivity index (χ4n) is 3.63. The summed E-state index contributed by atoms with van der Waals surface area (Å²) in [6, 6.07) is 8.32. The van der Waals surface area contributed by atoms with Crippen molar-refractivity contribution in [3.8, 4) is 0 Å². The number of thiazole rings is 1. The van der Waals surface area contributed by atoms with Crippen LogP contribution in [0.15, 0.2) is 30.6 Å². The third-order valence-electron chi connectivity index (χ3n) is 4.80. The minimum absolute atomic E-state index is 0.774. The van der Waals surface area contributed by atoms with E-state index in [9.17, 15) is 0 Å². The van der Waals surface area contributed by atoms with Crippen LogP contribution in [0.5, 0.6) is 0 Å². The number of anilines is 1. The van der Waals surface area contributed by atoms with Crippen LogP contribution in [0.1, 0.15) is 28.3 Å². The van der Waals surface area contributed by atoms with Gasteiger partial charge in [0.15, 0.2) is 0 Å². The van der Waals surface area contributed by atoms with Gasteiger partial charge in [-0.25, -0.2) is 15.0 Å². The fraction of sp³-hybridized carbons (Fsp3) is 0.316. The molecule has 0 aliphatic heterocycles. The van der Waals surface area contributed by atoms with Gasteiger partial charge in [-0.3, -0.25) is 0 Å². The first-order valence-corrected chi connectivity index (χ1v) is 10.2. The Kier molecular flexibility index (Phi) is 3.68. The molecular weight excluding hydrogens is 348 g/mol. The van der Waals surface area contributed by atoms with E-state index >= 15 is 0 Å². The molecule has 1 aliphatic rings. The lowest BCUT2D eigenvalue weighted by molar-refractivity contribution is 0.700. The number of hydrogen-bond donors (Lipinski definition) is 0. The van der Waals surface area contributed by atoms with Crippen molar-refractivity contribution in [3.05, 3.63) is 46.0 Å². The molecule has 3 heterocycles.